The van der Waals surface area contributed by atoms with Crippen molar-refractivity contribution in [3.63, 3.8) is 0 Å². The van der Waals surface area contributed by atoms with Gasteiger partial charge in [0, 0.05) is 29.7 Å². The Kier molecular flexibility index (Phi) is 4.68. The summed E-state index contributed by atoms with van der Waals surface area (Å²) in [5, 5.41) is 4.25. The van der Waals surface area contributed by atoms with Gasteiger partial charge < -0.3 is 10.3 Å². The second kappa shape index (κ2) is 7.16. The number of amides is 2. The van der Waals surface area contributed by atoms with Crippen LogP contribution in [0.1, 0.15) is 17.5 Å². The summed E-state index contributed by atoms with van der Waals surface area (Å²) in [5.41, 5.74) is 3.39. The normalized spacial score (nSPS) is 17.1. The summed E-state index contributed by atoms with van der Waals surface area (Å²) in [6.45, 7) is 2.54. The van der Waals surface area contributed by atoms with Crippen molar-refractivity contribution in [1.82, 2.24) is 10.3 Å². The van der Waals surface area contributed by atoms with Crippen LogP contribution >= 0.6 is 0 Å². The van der Waals surface area contributed by atoms with E-state index in [1.54, 1.807) is 0 Å². The number of aryl methyl sites for hydroxylation is 1. The van der Waals surface area contributed by atoms with Crippen molar-refractivity contribution in [2.45, 2.75) is 25.8 Å². The summed E-state index contributed by atoms with van der Waals surface area (Å²) in [6.07, 6.45) is 2.62. The Morgan fingerprint density at radius 2 is 1.96 bits per heavy atom. The maximum atomic E-state index is 13.5. The number of H-pyrrole nitrogens is 1. The van der Waals surface area contributed by atoms with Crippen molar-refractivity contribution in [1.29, 1.82) is 0 Å². The van der Waals surface area contributed by atoms with Crippen LogP contribution in [0.25, 0.3) is 10.9 Å². The fraction of sp³-hybridized carbons (Fsp3) is 0.238. The number of carbonyl (C=O) groups is 2. The van der Waals surface area contributed by atoms with Gasteiger partial charge >= 0.3 is 0 Å². The molecule has 0 bridgehead atoms. The monoisotopic (exact) mass is 383 g/mol. The minimum atomic E-state index is -1.09. The molecule has 1 atom stereocenters. The predicted molar refractivity (Wildman–Crippen MR) is 102 cm³/mol. The highest BCUT2D eigenvalue weighted by Crippen LogP contribution is 2.25. The highest BCUT2D eigenvalue weighted by atomic mass is 19.2. The molecule has 3 aromatic rings. The molecular weight excluding hydrogens is 364 g/mol. The van der Waals surface area contributed by atoms with Crippen LogP contribution in [0.2, 0.25) is 0 Å². The van der Waals surface area contributed by atoms with E-state index in [-0.39, 0.29) is 12.1 Å². The number of aromatic nitrogens is 1. The molecule has 0 radical (unpaired) electrons. The summed E-state index contributed by atoms with van der Waals surface area (Å²) in [5.74, 6) is -3.00. The fourth-order valence-corrected chi connectivity index (χ4v) is 3.57. The first-order chi connectivity index (χ1) is 13.4. The first-order valence-corrected chi connectivity index (χ1v) is 9.06. The lowest BCUT2D eigenvalue weighted by atomic mass is 10.1. The lowest BCUT2D eigenvalue weighted by Crippen LogP contribution is -2.39. The summed E-state index contributed by atoms with van der Waals surface area (Å²) >= 11 is 0. The topological polar surface area (TPSA) is 65.2 Å². The number of carbonyl (C=O) groups excluding carboxylic acids is 2. The van der Waals surface area contributed by atoms with E-state index in [4.69, 9.17) is 0 Å². The maximum Gasteiger partial charge on any atom is 0.251 e. The number of nitrogens with zero attached hydrogens (tertiary/aromatic N) is 1. The Morgan fingerprint density at radius 3 is 2.75 bits per heavy atom. The second-order valence-electron chi connectivity index (χ2n) is 6.99. The first-order valence-electron chi connectivity index (χ1n) is 9.06. The summed E-state index contributed by atoms with van der Waals surface area (Å²) in [6, 6.07) is 8.50. The average Bonchev–Trinajstić information content (AvgIpc) is 3.18. The first kappa shape index (κ1) is 18.3. The third-order valence-corrected chi connectivity index (χ3v) is 5.02. The molecule has 1 aliphatic rings. The van der Waals surface area contributed by atoms with Crippen molar-refractivity contribution in [3.8, 4) is 0 Å². The van der Waals surface area contributed by atoms with E-state index >= 15 is 0 Å². The van der Waals surface area contributed by atoms with E-state index in [2.05, 4.69) is 16.4 Å². The lowest BCUT2D eigenvalue weighted by Gasteiger charge is -2.15. The molecule has 2 N–H and O–H groups in total. The van der Waals surface area contributed by atoms with Crippen LogP contribution in [0.3, 0.4) is 0 Å². The molecule has 1 saturated heterocycles. The maximum absolute atomic E-state index is 13.5. The molecule has 5 nitrogen and oxygen atoms in total. The highest BCUT2D eigenvalue weighted by molar-refractivity contribution is 6.22. The Bertz CT molecular complexity index is 1080. The number of halogens is 2. The van der Waals surface area contributed by atoms with Gasteiger partial charge in [-0.15, -0.1) is 0 Å². The molecule has 2 aromatic carbocycles. The van der Waals surface area contributed by atoms with Gasteiger partial charge in [-0.25, -0.2) is 13.7 Å². The Balaban J connectivity index is 1.43. The van der Waals surface area contributed by atoms with Crippen LogP contribution < -0.4 is 10.2 Å². The van der Waals surface area contributed by atoms with Crippen LogP contribution in [-0.2, 0) is 16.0 Å². The summed E-state index contributed by atoms with van der Waals surface area (Å²) < 4.78 is 26.6. The predicted octanol–water partition coefficient (Wildman–Crippen LogP) is 3.22. The Hall–Kier alpha value is -3.06. The minimum absolute atomic E-state index is 0.00911. The number of anilines is 1. The molecule has 2 amide bonds. The molecule has 2 heterocycles. The third-order valence-electron chi connectivity index (χ3n) is 5.02. The molecular formula is C21H19F2N3O2. The molecule has 1 fully saturated rings. The average molecular weight is 383 g/mol. The van der Waals surface area contributed by atoms with Gasteiger partial charge in [0.1, 0.15) is 0 Å². The van der Waals surface area contributed by atoms with Crippen molar-refractivity contribution < 1.29 is 18.4 Å². The highest BCUT2D eigenvalue weighted by Gasteiger charge is 2.39. The smallest absolute Gasteiger partial charge is 0.251 e. The van der Waals surface area contributed by atoms with E-state index in [0.717, 1.165) is 33.5 Å². The number of hydrogen-bond acceptors (Lipinski definition) is 3. The van der Waals surface area contributed by atoms with Gasteiger partial charge in [-0.2, -0.15) is 0 Å². The quantitative estimate of drug-likeness (QED) is 0.665. The zero-order chi connectivity index (χ0) is 19.8. The van der Waals surface area contributed by atoms with Gasteiger partial charge in [0.2, 0.25) is 5.91 Å². The van der Waals surface area contributed by atoms with Crippen LogP contribution in [0.15, 0.2) is 42.6 Å². The molecule has 0 unspecified atom stereocenters. The number of fused-ring (bicyclic) bond motifs is 1. The van der Waals surface area contributed by atoms with Gasteiger partial charge in [0.15, 0.2) is 11.6 Å². The fourth-order valence-electron chi connectivity index (χ4n) is 3.57. The van der Waals surface area contributed by atoms with Crippen molar-refractivity contribution >= 4 is 28.4 Å². The number of benzene rings is 2. The van der Waals surface area contributed by atoms with Gasteiger partial charge in [-0.3, -0.25) is 9.59 Å². The summed E-state index contributed by atoms with van der Waals surface area (Å²) in [7, 11) is 0. The van der Waals surface area contributed by atoms with Crippen molar-refractivity contribution in [2.24, 2.45) is 0 Å². The van der Waals surface area contributed by atoms with Gasteiger partial charge in [0.05, 0.1) is 18.2 Å². The number of imide groups is 1. The molecule has 0 saturated carbocycles. The van der Waals surface area contributed by atoms with E-state index in [9.17, 15) is 18.4 Å². The lowest BCUT2D eigenvalue weighted by molar-refractivity contribution is -0.121. The SMILES string of the molecule is Cc1ccc2[nH]cc(CCN[C@H]3CC(=O)N(c4ccc(F)c(F)c4)C3=O)c2c1. The molecule has 7 heteroatoms. The number of aromatic amines is 1. The van der Waals surface area contributed by atoms with Crippen LogP contribution in [0, 0.1) is 18.6 Å². The van der Waals surface area contributed by atoms with Gasteiger partial charge in [-0.05, 0) is 43.2 Å². The van der Waals surface area contributed by atoms with E-state index in [1.165, 1.54) is 11.6 Å². The molecule has 4 rings (SSSR count). The third kappa shape index (κ3) is 3.29. The molecule has 1 aliphatic heterocycles. The molecule has 0 spiro atoms. The molecule has 1 aromatic heterocycles. The second-order valence-corrected chi connectivity index (χ2v) is 6.99. The number of rotatable bonds is 5. The van der Waals surface area contributed by atoms with Crippen molar-refractivity contribution in [3.05, 3.63) is 65.4 Å². The number of nitrogens with one attached hydrogen (secondary N) is 2. The van der Waals surface area contributed by atoms with Gasteiger partial charge in [0.25, 0.3) is 5.91 Å². The van der Waals surface area contributed by atoms with Gasteiger partial charge in [-0.1, -0.05) is 11.6 Å². The zero-order valence-electron chi connectivity index (χ0n) is 15.3. The molecule has 28 heavy (non-hydrogen) atoms. The molecule has 0 aliphatic carbocycles. The largest absolute Gasteiger partial charge is 0.361 e. The van der Waals surface area contributed by atoms with Crippen LogP contribution in [0.5, 0.6) is 0 Å². The standard InChI is InChI=1S/C21H19F2N3O2/c1-12-2-5-18-15(8-12)13(11-25-18)6-7-24-19-10-20(27)26(21(19)28)14-3-4-16(22)17(23)9-14/h2-5,8-9,11,19,24-25H,6-7,10H2,1H3/t19-/m0/s1. The van der Waals surface area contributed by atoms with E-state index in [1.807, 2.05) is 25.3 Å². The number of hydrogen-bond donors (Lipinski definition) is 2. The van der Waals surface area contributed by atoms with Crippen molar-refractivity contribution in [2.75, 3.05) is 11.4 Å². The Morgan fingerprint density at radius 1 is 1.14 bits per heavy atom. The summed E-state index contributed by atoms with van der Waals surface area (Å²) in [4.78, 5) is 29.0. The van der Waals surface area contributed by atoms with E-state index in [0.29, 0.717) is 13.0 Å². The zero-order valence-corrected chi connectivity index (χ0v) is 15.3. The van der Waals surface area contributed by atoms with Crippen LogP contribution in [0.4, 0.5) is 14.5 Å². The minimum Gasteiger partial charge on any atom is -0.361 e. The van der Waals surface area contributed by atoms with E-state index < -0.39 is 29.5 Å². The van der Waals surface area contributed by atoms with Crippen LogP contribution in [-0.4, -0.2) is 29.4 Å². The Labute approximate surface area is 160 Å². The molecule has 144 valence electrons.